The van der Waals surface area contributed by atoms with Gasteiger partial charge in [0, 0.05) is 142 Å². The molecule has 107 heavy (non-hydrogen) atoms. The van der Waals surface area contributed by atoms with Crippen molar-refractivity contribution in [3.8, 4) is 0 Å². The van der Waals surface area contributed by atoms with Crippen LogP contribution in [0.3, 0.4) is 0 Å². The van der Waals surface area contributed by atoms with Crippen LogP contribution < -0.4 is 77.8 Å². The first kappa shape index (κ1) is 88.1. The fourth-order valence-electron chi connectivity index (χ4n) is 15.3. The topological polar surface area (TPSA) is 320 Å². The molecular weight excluding hydrogens is 1550 g/mol. The first-order chi connectivity index (χ1) is 48.7. The molecule has 3 saturated heterocycles. The molecule has 0 unspecified atom stereocenters. The summed E-state index contributed by atoms with van der Waals surface area (Å²) in [7, 11) is 0. The molecule has 6 fully saturated rings. The summed E-state index contributed by atoms with van der Waals surface area (Å²) in [5, 5.41) is 7.61. The Labute approximate surface area is 689 Å². The molecule has 576 valence electrons. The molecule has 3 aliphatic carbocycles. The third-order valence-corrected chi connectivity index (χ3v) is 25.1. The Morgan fingerprint density at radius 3 is 1.21 bits per heavy atom. The maximum absolute atomic E-state index is 12.5. The molecule has 10 N–H and O–H groups in total. The minimum absolute atomic E-state index is 0. The van der Waals surface area contributed by atoms with Gasteiger partial charge in [-0.15, -0.1) is 0 Å². The number of ether oxygens (including phenoxy) is 2. The maximum atomic E-state index is 12.5. The van der Waals surface area contributed by atoms with Gasteiger partial charge in [-0.25, -0.2) is 54.4 Å². The summed E-state index contributed by atoms with van der Waals surface area (Å²) >= 11 is 29.5. The number of hydrogen-bond acceptors (Lipinski definition) is 23. The van der Waals surface area contributed by atoms with E-state index in [9.17, 15) is 9.59 Å². The zero-order valence-electron chi connectivity index (χ0n) is 59.1. The average Bonchev–Trinajstić information content (AvgIpc) is 1.43. The Bertz CT molecular complexity index is 4440. The Kier molecular flexibility index (Phi) is 30.7. The quantitative estimate of drug-likeness (QED) is 0.0577. The number of fused-ring (bicyclic) bond motifs is 3. The van der Waals surface area contributed by atoms with E-state index < -0.39 is 11.2 Å². The van der Waals surface area contributed by atoms with Crippen LogP contribution >= 0.6 is 74.3 Å². The molecule has 3 aliphatic heterocycles. The number of imidazole rings is 3. The smallest absolute Gasteiger partial charge is 0.778 e. The van der Waals surface area contributed by atoms with Gasteiger partial charge in [-0.1, -0.05) is 113 Å². The first-order valence-electron chi connectivity index (χ1n) is 34.6. The van der Waals surface area contributed by atoms with Gasteiger partial charge in [-0.3, -0.25) is 13.2 Å². The number of nitrogen functional groups attached to an aromatic ring is 3. The number of carbonyl (C=O) groups is 2. The predicted molar refractivity (Wildman–Crippen MR) is 436 cm³/mol. The van der Waals surface area contributed by atoms with Crippen molar-refractivity contribution in [2.75, 3.05) is 71.2 Å². The van der Waals surface area contributed by atoms with E-state index in [0.29, 0.717) is 48.9 Å². The van der Waals surface area contributed by atoms with Gasteiger partial charge in [0.1, 0.15) is 28.7 Å². The molecule has 3 saturated carbocycles. The van der Waals surface area contributed by atoms with Crippen LogP contribution in [0.4, 0.5) is 44.9 Å². The molecule has 3 spiro atoms. The number of carbonyl (C=O) groups excluding carboxylic acids is 2. The standard InChI is InChI=1S/C25H32ClN7O2S.C20H28BrN5O2.C20H24ClN7S.C5H5ClN2S.4CH4.Na/c1-24(2,3)35-23(34)31-18-5-4-7-25(18)8-12-32(13-9-25)22-30-15-17(21-29-11-14-33(21)22)36-16-6-10-28-20(27)19(16)26;1-19(2,3)28-18(27)24-15-5-4-6-20(15)7-10-25(11-8-20)17-23-13-14(21)16-22-9-12-26(16)17;21-16-13(3-7-24-17(16)23)29-14-12-26-19(28-11-8-25-18(14)28)27-9-5-20(6-10-27)4-1-2-15(20)22;6-4-3(9)1-2-8-5(4)7;;;;;/h6,10-11,14-15,18H,4-5,7-9,12-13H2,1-3H3,(H2,27,28)(H,31,34);9,12-13,15H,4-8,10-11H2,1-3H3,(H,24,27);3,7-8,11-12,15H,1-2,4-6,9-10,22H2,(H2,23,24);1-2H,(H3,7,8,9);4*1H4;/q;;;;;;;;+1/p-1/t18-;2*15-;;;;;;/m111....../s1. The molecule has 0 radical (unpaired) electrons. The van der Waals surface area contributed by atoms with Crippen LogP contribution in [-0.2, 0) is 22.1 Å². The predicted octanol–water partition coefficient (Wildman–Crippen LogP) is 13.7. The average molecular weight is 1660 g/mol. The van der Waals surface area contributed by atoms with Gasteiger partial charge in [-0.05, 0) is 163 Å². The Morgan fingerprint density at radius 1 is 0.495 bits per heavy atom. The van der Waals surface area contributed by atoms with Crippen molar-refractivity contribution in [3.05, 3.63) is 112 Å². The second-order valence-corrected chi connectivity index (χ2v) is 33.7. The molecular formula is C74H104BrCl3N21NaO4S3. The van der Waals surface area contributed by atoms with Crippen molar-refractivity contribution in [3.63, 3.8) is 0 Å². The van der Waals surface area contributed by atoms with Gasteiger partial charge in [0.25, 0.3) is 0 Å². The number of nitrogens with two attached hydrogens (primary N) is 4. The van der Waals surface area contributed by atoms with Gasteiger partial charge < -0.3 is 70.4 Å². The van der Waals surface area contributed by atoms with Crippen molar-refractivity contribution < 1.29 is 48.6 Å². The monoisotopic (exact) mass is 1650 g/mol. The van der Waals surface area contributed by atoms with E-state index in [1.807, 2.05) is 106 Å². The SMILES string of the molecule is C.C.C.C.CC(C)(C)OC(=O)N[C@@H]1CCCC12CCN(c1ncc(Br)c3nccn13)CC2.CC(C)(C)OC(=O)N[C@@H]1CCCC12CCN(c1ncc(Sc3ccnc(N)c3Cl)c3nccn13)CC2.Nc1nccc(Sc2cnc(N3CCC4(CCC[C@H]4N)CC3)n3ccnc23)c1Cl.Nc1nccc([S-])c1Cl.[Na+]. The van der Waals surface area contributed by atoms with Crippen LogP contribution in [0.5, 0.6) is 0 Å². The minimum atomic E-state index is -0.499. The van der Waals surface area contributed by atoms with E-state index in [2.05, 4.69) is 80.6 Å². The fourth-order valence-corrected chi connectivity index (χ4v) is 18.2. The normalized spacial score (nSPS) is 18.9. The maximum Gasteiger partial charge on any atom is 1.00 e. The summed E-state index contributed by atoms with van der Waals surface area (Å²) in [5.74, 6) is 3.66. The Morgan fingerprint density at radius 2 is 0.841 bits per heavy atom. The first-order valence-corrected chi connectivity index (χ1v) is 38.5. The molecule has 6 aliphatic rings. The summed E-state index contributed by atoms with van der Waals surface area (Å²) in [6.07, 6.45) is 37.7. The van der Waals surface area contributed by atoms with Crippen molar-refractivity contribution in [1.29, 1.82) is 0 Å². The molecule has 9 aromatic heterocycles. The number of halogens is 4. The van der Waals surface area contributed by atoms with E-state index in [1.54, 1.807) is 30.9 Å². The van der Waals surface area contributed by atoms with Crippen LogP contribution in [0.1, 0.15) is 168 Å². The number of nitrogens with one attached hydrogen (secondary N) is 2. The van der Waals surface area contributed by atoms with Crippen LogP contribution in [0.15, 0.2) is 122 Å². The van der Waals surface area contributed by atoms with E-state index in [-0.39, 0.29) is 94.4 Å². The largest absolute Gasteiger partial charge is 1.00 e. The third kappa shape index (κ3) is 20.2. The summed E-state index contributed by atoms with van der Waals surface area (Å²) in [4.78, 5) is 75.4. The molecule has 25 nitrogen and oxygen atoms in total. The number of anilines is 6. The van der Waals surface area contributed by atoms with Crippen molar-refractivity contribution in [2.45, 2.75) is 221 Å². The molecule has 0 aromatic carbocycles. The van der Waals surface area contributed by atoms with Gasteiger partial charge >= 0.3 is 41.7 Å². The number of alkyl carbamates (subject to hydrolysis) is 2. The number of nitrogens with zero attached hydrogens (tertiary/aromatic N) is 15. The number of hydrogen-bond donors (Lipinski definition) is 6. The molecule has 0 bridgehead atoms. The molecule has 2 amide bonds. The molecule has 3 atom stereocenters. The third-order valence-electron chi connectivity index (χ3n) is 20.5. The van der Waals surface area contributed by atoms with Crippen LogP contribution in [0.2, 0.25) is 15.1 Å². The Hall–Kier alpha value is -6.12. The van der Waals surface area contributed by atoms with Gasteiger partial charge in [0.05, 0.1) is 29.3 Å². The van der Waals surface area contributed by atoms with Crippen LogP contribution in [0.25, 0.3) is 16.9 Å². The number of aromatic nitrogens is 12. The minimum Gasteiger partial charge on any atom is -0.778 e. The van der Waals surface area contributed by atoms with Crippen molar-refractivity contribution in [2.24, 2.45) is 22.0 Å². The zero-order valence-corrected chi connectivity index (χ0v) is 67.4. The summed E-state index contributed by atoms with van der Waals surface area (Å²) in [6.45, 7) is 16.9. The molecule has 9 aromatic rings. The second-order valence-electron chi connectivity index (χ2n) is 29.1. The molecule has 15 rings (SSSR count). The van der Waals surface area contributed by atoms with Crippen LogP contribution in [-0.4, -0.2) is 139 Å². The van der Waals surface area contributed by atoms with Gasteiger partial charge in [-0.2, -0.15) is 4.90 Å². The molecule has 12 heterocycles. The van der Waals surface area contributed by atoms with E-state index >= 15 is 0 Å². The van der Waals surface area contributed by atoms with Gasteiger partial charge in [0.15, 0.2) is 16.9 Å². The number of rotatable bonds is 9. The zero-order chi connectivity index (χ0) is 72.3. The molecule has 33 heteroatoms. The summed E-state index contributed by atoms with van der Waals surface area (Å²) < 4.78 is 18.0. The van der Waals surface area contributed by atoms with E-state index in [0.717, 1.165) is 182 Å². The van der Waals surface area contributed by atoms with E-state index in [1.165, 1.54) is 42.6 Å². The number of amides is 2. The second kappa shape index (κ2) is 37.3. The fraction of sp³-hybridized carbons (Fsp3) is 0.527. The van der Waals surface area contributed by atoms with Crippen LogP contribution in [0, 0.1) is 16.2 Å². The number of piperidine rings is 3. The summed E-state index contributed by atoms with van der Waals surface area (Å²) in [6, 6.07) is 6.01. The summed E-state index contributed by atoms with van der Waals surface area (Å²) in [5.41, 5.74) is 25.7. The van der Waals surface area contributed by atoms with Crippen molar-refractivity contribution >= 4 is 151 Å². The van der Waals surface area contributed by atoms with E-state index in [4.69, 9.17) is 89.8 Å². The Balaban J connectivity index is 0.000000208. The number of pyridine rings is 3. The van der Waals surface area contributed by atoms with Gasteiger partial charge in [0.2, 0.25) is 17.8 Å². The van der Waals surface area contributed by atoms with Crippen molar-refractivity contribution in [1.82, 2.24) is 68.7 Å².